The molecule has 0 saturated carbocycles. The van der Waals surface area contributed by atoms with Crippen molar-refractivity contribution in [2.75, 3.05) is 12.4 Å². The smallest absolute Gasteiger partial charge is 0.306 e. The van der Waals surface area contributed by atoms with E-state index < -0.39 is 0 Å². The van der Waals surface area contributed by atoms with Crippen LogP contribution < -0.4 is 0 Å². The number of carbonyl (C=O) groups is 1. The molecule has 0 amide bonds. The normalized spacial score (nSPS) is 12.3. The van der Waals surface area contributed by atoms with Crippen molar-refractivity contribution in [3.8, 4) is 5.75 Å². The van der Waals surface area contributed by atoms with Gasteiger partial charge in [0.1, 0.15) is 5.75 Å². The molecule has 0 aliphatic carbocycles. The summed E-state index contributed by atoms with van der Waals surface area (Å²) < 4.78 is 5.19. The van der Waals surface area contributed by atoms with Gasteiger partial charge in [0.2, 0.25) is 0 Å². The summed E-state index contributed by atoms with van der Waals surface area (Å²) in [4.78, 5) is 11.4. The first-order valence-corrected chi connectivity index (χ1v) is 9.23. The molecule has 0 saturated heterocycles. The maximum Gasteiger partial charge on any atom is 0.306 e. The average Bonchev–Trinajstić information content (AvgIpc) is 2.42. The molecule has 0 radical (unpaired) electrons. The van der Waals surface area contributed by atoms with Crippen LogP contribution in [0, 0.1) is 0 Å². The van der Waals surface area contributed by atoms with E-state index in [2.05, 4.69) is 66.3 Å². The highest BCUT2D eigenvalue weighted by atomic mass is 32.1. The van der Waals surface area contributed by atoms with Crippen LogP contribution in [0.3, 0.4) is 0 Å². The number of phenols is 1. The fourth-order valence-corrected chi connectivity index (χ4v) is 2.79. The number of rotatable bonds is 6. The van der Waals surface area contributed by atoms with Gasteiger partial charge in [0.15, 0.2) is 0 Å². The van der Waals surface area contributed by atoms with Crippen molar-refractivity contribution in [3.63, 3.8) is 0 Å². The lowest BCUT2D eigenvalue weighted by molar-refractivity contribution is -0.143. The lowest BCUT2D eigenvalue weighted by Crippen LogP contribution is -2.18. The number of benzene rings is 1. The molecule has 136 valence electrons. The fraction of sp³-hybridized carbons (Fsp3) is 0.650. The number of hydrogen-bond donors (Lipinski definition) is 2. The van der Waals surface area contributed by atoms with Gasteiger partial charge in [0, 0.05) is 5.75 Å². The van der Waals surface area contributed by atoms with Crippen LogP contribution in [0.15, 0.2) is 12.1 Å². The number of carbonyl (C=O) groups excluding carboxylic acids is 1. The second-order valence-corrected chi connectivity index (χ2v) is 8.78. The van der Waals surface area contributed by atoms with Gasteiger partial charge < -0.3 is 9.84 Å². The van der Waals surface area contributed by atoms with E-state index in [1.165, 1.54) is 5.56 Å². The number of esters is 1. The van der Waals surface area contributed by atoms with E-state index >= 15 is 0 Å². The van der Waals surface area contributed by atoms with E-state index in [0.29, 0.717) is 24.5 Å². The van der Waals surface area contributed by atoms with Gasteiger partial charge in [-0.2, -0.15) is 12.6 Å². The third kappa shape index (κ3) is 6.04. The average molecular weight is 353 g/mol. The molecule has 3 nitrogen and oxygen atoms in total. The highest BCUT2D eigenvalue weighted by Crippen LogP contribution is 2.39. The van der Waals surface area contributed by atoms with E-state index in [4.69, 9.17) is 4.74 Å². The Labute approximate surface area is 152 Å². The molecule has 1 aromatic rings. The Morgan fingerprint density at radius 1 is 1.08 bits per heavy atom. The fourth-order valence-electron chi connectivity index (χ4n) is 2.61. The first-order chi connectivity index (χ1) is 11.0. The van der Waals surface area contributed by atoms with Gasteiger partial charge in [-0.3, -0.25) is 4.79 Å². The molecule has 1 N–H and O–H groups in total. The molecule has 0 bridgehead atoms. The maximum atomic E-state index is 11.4. The third-order valence-electron chi connectivity index (χ3n) is 3.97. The second kappa shape index (κ2) is 8.28. The molecule has 0 aliphatic heterocycles. The minimum absolute atomic E-state index is 0.126. The molecule has 0 aromatic heterocycles. The standard InChI is InChI=1S/C20H32O3S/c1-19(2,3)15-12-14(8-7-10-23-17(21)9-11-24)13-16(18(15)22)20(4,5)6/h12-13,22,24H,7-11H2,1-6H3. The first kappa shape index (κ1) is 20.9. The summed E-state index contributed by atoms with van der Waals surface area (Å²) in [5.74, 6) is 0.723. The predicted octanol–water partition coefficient (Wildman–Crippen LogP) is 4.78. The van der Waals surface area contributed by atoms with Crippen molar-refractivity contribution >= 4 is 18.6 Å². The number of aryl methyl sites for hydroxylation is 1. The molecule has 4 heteroatoms. The quantitative estimate of drug-likeness (QED) is 0.440. The Morgan fingerprint density at radius 3 is 2.00 bits per heavy atom. The van der Waals surface area contributed by atoms with E-state index in [9.17, 15) is 9.90 Å². The maximum absolute atomic E-state index is 11.4. The number of thiol groups is 1. The Morgan fingerprint density at radius 2 is 1.58 bits per heavy atom. The predicted molar refractivity (Wildman–Crippen MR) is 103 cm³/mol. The van der Waals surface area contributed by atoms with Crippen molar-refractivity contribution in [3.05, 3.63) is 28.8 Å². The summed E-state index contributed by atoms with van der Waals surface area (Å²) in [6.45, 7) is 13.1. The van der Waals surface area contributed by atoms with Gasteiger partial charge >= 0.3 is 5.97 Å². The van der Waals surface area contributed by atoms with Gasteiger partial charge in [-0.15, -0.1) is 0 Å². The highest BCUT2D eigenvalue weighted by Gasteiger charge is 2.26. The van der Waals surface area contributed by atoms with Crippen LogP contribution in [-0.2, 0) is 26.8 Å². The number of ether oxygens (including phenoxy) is 1. The zero-order valence-corrected chi connectivity index (χ0v) is 16.8. The van der Waals surface area contributed by atoms with Crippen LogP contribution in [0.5, 0.6) is 5.75 Å². The van der Waals surface area contributed by atoms with Crippen molar-refractivity contribution in [1.29, 1.82) is 0 Å². The van der Waals surface area contributed by atoms with Crippen LogP contribution in [-0.4, -0.2) is 23.4 Å². The Hall–Kier alpha value is -1.16. The Kier molecular flexibility index (Phi) is 7.21. The first-order valence-electron chi connectivity index (χ1n) is 8.60. The minimum atomic E-state index is -0.193. The largest absolute Gasteiger partial charge is 0.507 e. The molecule has 0 spiro atoms. The molecule has 0 aliphatic rings. The molecule has 0 unspecified atom stereocenters. The topological polar surface area (TPSA) is 46.5 Å². The summed E-state index contributed by atoms with van der Waals surface area (Å²) >= 11 is 4.02. The number of aromatic hydroxyl groups is 1. The van der Waals surface area contributed by atoms with E-state index in [0.717, 1.165) is 24.0 Å². The van der Waals surface area contributed by atoms with Crippen LogP contribution in [0.1, 0.15) is 71.1 Å². The van der Waals surface area contributed by atoms with Gasteiger partial charge in [0.25, 0.3) is 0 Å². The summed E-state index contributed by atoms with van der Waals surface area (Å²) in [7, 11) is 0. The van der Waals surface area contributed by atoms with Crippen molar-refractivity contribution in [2.24, 2.45) is 0 Å². The van der Waals surface area contributed by atoms with Gasteiger partial charge in [0.05, 0.1) is 13.0 Å². The molecular formula is C20H32O3S. The lowest BCUT2D eigenvalue weighted by atomic mass is 9.78. The number of phenolic OH excluding ortho intramolecular Hbond substituents is 1. The van der Waals surface area contributed by atoms with Crippen LogP contribution in [0.2, 0.25) is 0 Å². The van der Waals surface area contributed by atoms with Gasteiger partial charge in [-0.05, 0) is 40.4 Å². The molecule has 0 fully saturated rings. The number of hydrogen-bond acceptors (Lipinski definition) is 4. The third-order valence-corrected chi connectivity index (χ3v) is 4.20. The van der Waals surface area contributed by atoms with Crippen LogP contribution >= 0.6 is 12.6 Å². The lowest BCUT2D eigenvalue weighted by Gasteiger charge is -2.28. The van der Waals surface area contributed by atoms with Gasteiger partial charge in [-0.25, -0.2) is 0 Å². The Balaban J connectivity index is 2.93. The zero-order valence-electron chi connectivity index (χ0n) is 15.9. The van der Waals surface area contributed by atoms with Crippen molar-refractivity contribution in [1.82, 2.24) is 0 Å². The zero-order chi connectivity index (χ0) is 18.5. The van der Waals surface area contributed by atoms with E-state index in [1.807, 2.05) is 0 Å². The van der Waals surface area contributed by atoms with Gasteiger partial charge in [-0.1, -0.05) is 53.7 Å². The Bertz CT molecular complexity index is 530. The monoisotopic (exact) mass is 352 g/mol. The second-order valence-electron chi connectivity index (χ2n) is 8.34. The summed E-state index contributed by atoms with van der Waals surface area (Å²) in [6, 6.07) is 4.17. The summed E-state index contributed by atoms with van der Waals surface area (Å²) in [5, 5.41) is 10.7. The minimum Gasteiger partial charge on any atom is -0.507 e. The summed E-state index contributed by atoms with van der Waals surface area (Å²) in [6.07, 6.45) is 1.95. The molecule has 1 aromatic carbocycles. The SMILES string of the molecule is CC(C)(C)c1cc(CCCOC(=O)CCS)cc(C(C)(C)C)c1O. The van der Waals surface area contributed by atoms with Crippen molar-refractivity contribution in [2.45, 2.75) is 71.6 Å². The molecule has 24 heavy (non-hydrogen) atoms. The highest BCUT2D eigenvalue weighted by molar-refractivity contribution is 7.80. The molecule has 0 atom stereocenters. The molecule has 0 heterocycles. The van der Waals surface area contributed by atoms with Crippen molar-refractivity contribution < 1.29 is 14.6 Å². The molecular weight excluding hydrogens is 320 g/mol. The van der Waals surface area contributed by atoms with E-state index in [-0.39, 0.29) is 16.8 Å². The molecule has 1 rings (SSSR count). The van der Waals surface area contributed by atoms with Crippen LogP contribution in [0.4, 0.5) is 0 Å². The summed E-state index contributed by atoms with van der Waals surface area (Å²) in [5.41, 5.74) is 2.86. The van der Waals surface area contributed by atoms with Crippen LogP contribution in [0.25, 0.3) is 0 Å². The van der Waals surface area contributed by atoms with E-state index in [1.54, 1.807) is 0 Å².